The molecule has 1 aliphatic rings. The van der Waals surface area contributed by atoms with Crippen LogP contribution in [0.15, 0.2) is 30.3 Å². The number of rotatable bonds is 4. The lowest BCUT2D eigenvalue weighted by Crippen LogP contribution is -2.13. The highest BCUT2D eigenvalue weighted by Gasteiger charge is 2.29. The second kappa shape index (κ2) is 5.52. The Kier molecular flexibility index (Phi) is 4.01. The molecule has 0 bridgehead atoms. The van der Waals surface area contributed by atoms with Gasteiger partial charge in [0.05, 0.1) is 11.5 Å². The molecule has 1 unspecified atom stereocenters. The molecule has 1 aromatic carbocycles. The zero-order chi connectivity index (χ0) is 13.0. The Labute approximate surface area is 107 Å². The molecule has 0 radical (unpaired) electrons. The standard InChI is InChI=1S/C13H16O4S/c14-13(8-12-6-7-18(15,16)10-12)17-9-11-4-2-1-3-5-11/h1-5,12H,6-10H2. The first-order valence-corrected chi connectivity index (χ1v) is 7.77. The summed E-state index contributed by atoms with van der Waals surface area (Å²) in [4.78, 5) is 11.6. The smallest absolute Gasteiger partial charge is 0.306 e. The number of esters is 1. The molecular weight excluding hydrogens is 252 g/mol. The fraction of sp³-hybridized carbons (Fsp3) is 0.462. The SMILES string of the molecule is O=C(CC1CCS(=O)(=O)C1)OCc1ccccc1. The van der Waals surface area contributed by atoms with E-state index in [2.05, 4.69) is 0 Å². The van der Waals surface area contributed by atoms with Gasteiger partial charge in [0, 0.05) is 6.42 Å². The summed E-state index contributed by atoms with van der Waals surface area (Å²) < 4.78 is 27.6. The number of carbonyl (C=O) groups excluding carboxylic acids is 1. The first kappa shape index (κ1) is 13.1. The van der Waals surface area contributed by atoms with Crippen molar-refractivity contribution in [3.63, 3.8) is 0 Å². The van der Waals surface area contributed by atoms with E-state index in [0.717, 1.165) is 5.56 Å². The second-order valence-corrected chi connectivity index (χ2v) is 6.85. The zero-order valence-corrected chi connectivity index (χ0v) is 10.9. The Balaban J connectivity index is 1.76. The highest BCUT2D eigenvalue weighted by Crippen LogP contribution is 2.22. The van der Waals surface area contributed by atoms with Gasteiger partial charge in [-0.3, -0.25) is 4.79 Å². The molecule has 1 fully saturated rings. The maximum absolute atomic E-state index is 11.6. The maximum Gasteiger partial charge on any atom is 0.306 e. The van der Waals surface area contributed by atoms with Crippen LogP contribution in [0.3, 0.4) is 0 Å². The number of benzene rings is 1. The van der Waals surface area contributed by atoms with Crippen LogP contribution in [0.4, 0.5) is 0 Å². The van der Waals surface area contributed by atoms with Gasteiger partial charge in [-0.25, -0.2) is 8.42 Å². The van der Waals surface area contributed by atoms with E-state index in [0.29, 0.717) is 6.42 Å². The van der Waals surface area contributed by atoms with Crippen molar-refractivity contribution in [3.05, 3.63) is 35.9 Å². The number of hydrogen-bond acceptors (Lipinski definition) is 4. The van der Waals surface area contributed by atoms with Crippen molar-refractivity contribution in [2.45, 2.75) is 19.4 Å². The van der Waals surface area contributed by atoms with Gasteiger partial charge in [-0.2, -0.15) is 0 Å². The molecule has 18 heavy (non-hydrogen) atoms. The molecule has 5 heteroatoms. The van der Waals surface area contributed by atoms with Gasteiger partial charge in [-0.15, -0.1) is 0 Å². The lowest BCUT2D eigenvalue weighted by molar-refractivity contribution is -0.145. The summed E-state index contributed by atoms with van der Waals surface area (Å²) in [5.41, 5.74) is 0.935. The normalized spacial score (nSPS) is 21.7. The van der Waals surface area contributed by atoms with Crippen molar-refractivity contribution in [1.29, 1.82) is 0 Å². The van der Waals surface area contributed by atoms with E-state index < -0.39 is 9.84 Å². The van der Waals surface area contributed by atoms with Crippen molar-refractivity contribution < 1.29 is 17.9 Å². The Hall–Kier alpha value is -1.36. The van der Waals surface area contributed by atoms with Crippen molar-refractivity contribution in [2.75, 3.05) is 11.5 Å². The molecule has 0 amide bonds. The molecule has 0 saturated carbocycles. The first-order valence-electron chi connectivity index (χ1n) is 5.95. The average Bonchev–Trinajstić information content (AvgIpc) is 2.67. The summed E-state index contributed by atoms with van der Waals surface area (Å²) >= 11 is 0. The van der Waals surface area contributed by atoms with Gasteiger partial charge < -0.3 is 4.74 Å². The average molecular weight is 268 g/mol. The van der Waals surface area contributed by atoms with Gasteiger partial charge in [0.1, 0.15) is 6.61 Å². The highest BCUT2D eigenvalue weighted by atomic mass is 32.2. The Morgan fingerprint density at radius 1 is 1.28 bits per heavy atom. The van der Waals surface area contributed by atoms with E-state index in [1.165, 1.54) is 0 Å². The topological polar surface area (TPSA) is 60.4 Å². The summed E-state index contributed by atoms with van der Waals surface area (Å²) in [6, 6.07) is 9.43. The van der Waals surface area contributed by atoms with Crippen LogP contribution in [0.5, 0.6) is 0 Å². The highest BCUT2D eigenvalue weighted by molar-refractivity contribution is 7.91. The third-order valence-electron chi connectivity index (χ3n) is 3.02. The molecule has 1 atom stereocenters. The van der Waals surface area contributed by atoms with Gasteiger partial charge in [-0.1, -0.05) is 30.3 Å². The Morgan fingerprint density at radius 3 is 2.61 bits per heavy atom. The van der Waals surface area contributed by atoms with Crippen LogP contribution in [-0.4, -0.2) is 25.9 Å². The fourth-order valence-electron chi connectivity index (χ4n) is 2.07. The maximum atomic E-state index is 11.6. The minimum Gasteiger partial charge on any atom is -0.461 e. The summed E-state index contributed by atoms with van der Waals surface area (Å²) in [5.74, 6) is -0.0731. The van der Waals surface area contributed by atoms with Crippen molar-refractivity contribution in [1.82, 2.24) is 0 Å². The number of ether oxygens (including phenoxy) is 1. The molecule has 1 aromatic rings. The summed E-state index contributed by atoms with van der Waals surface area (Å²) in [5, 5.41) is 0. The van der Waals surface area contributed by atoms with Crippen LogP contribution >= 0.6 is 0 Å². The van der Waals surface area contributed by atoms with Crippen LogP contribution in [0.2, 0.25) is 0 Å². The van der Waals surface area contributed by atoms with E-state index in [1.54, 1.807) is 0 Å². The van der Waals surface area contributed by atoms with Gasteiger partial charge in [-0.05, 0) is 17.9 Å². The molecule has 2 rings (SSSR count). The molecule has 0 spiro atoms. The molecule has 1 saturated heterocycles. The third-order valence-corrected chi connectivity index (χ3v) is 4.86. The molecule has 0 aliphatic carbocycles. The predicted octanol–water partition coefficient (Wildman–Crippen LogP) is 1.55. The molecule has 98 valence electrons. The summed E-state index contributed by atoms with van der Waals surface area (Å²) in [6.07, 6.45) is 0.773. The Morgan fingerprint density at radius 2 is 2.00 bits per heavy atom. The fourth-order valence-corrected chi connectivity index (χ4v) is 3.93. The van der Waals surface area contributed by atoms with Crippen molar-refractivity contribution >= 4 is 15.8 Å². The molecule has 1 heterocycles. The van der Waals surface area contributed by atoms with Crippen LogP contribution < -0.4 is 0 Å². The molecule has 0 aromatic heterocycles. The summed E-state index contributed by atoms with van der Waals surface area (Å²) in [6.45, 7) is 0.249. The van der Waals surface area contributed by atoms with Gasteiger partial charge >= 0.3 is 5.97 Å². The van der Waals surface area contributed by atoms with E-state index >= 15 is 0 Å². The lowest BCUT2D eigenvalue weighted by atomic mass is 10.1. The molecular formula is C13H16O4S. The van der Waals surface area contributed by atoms with Gasteiger partial charge in [0.2, 0.25) is 0 Å². The number of hydrogen-bond donors (Lipinski definition) is 0. The first-order chi connectivity index (χ1) is 8.55. The minimum absolute atomic E-state index is 0.0710. The van der Waals surface area contributed by atoms with E-state index in [-0.39, 0.29) is 36.4 Å². The quantitative estimate of drug-likeness (QED) is 0.777. The van der Waals surface area contributed by atoms with Crippen molar-refractivity contribution in [3.8, 4) is 0 Å². The molecule has 1 aliphatic heterocycles. The largest absolute Gasteiger partial charge is 0.461 e. The summed E-state index contributed by atoms with van der Waals surface area (Å²) in [7, 11) is -2.92. The second-order valence-electron chi connectivity index (χ2n) is 4.62. The number of sulfone groups is 1. The van der Waals surface area contributed by atoms with Crippen LogP contribution in [0.1, 0.15) is 18.4 Å². The van der Waals surface area contributed by atoms with Crippen LogP contribution in [0, 0.1) is 5.92 Å². The zero-order valence-electron chi connectivity index (χ0n) is 10.0. The Bertz CT molecular complexity index is 507. The monoisotopic (exact) mass is 268 g/mol. The number of carbonyl (C=O) groups is 1. The van der Waals surface area contributed by atoms with Crippen LogP contribution in [0.25, 0.3) is 0 Å². The van der Waals surface area contributed by atoms with Crippen LogP contribution in [-0.2, 0) is 26.0 Å². The van der Waals surface area contributed by atoms with E-state index in [9.17, 15) is 13.2 Å². The predicted molar refractivity (Wildman–Crippen MR) is 67.6 cm³/mol. The van der Waals surface area contributed by atoms with E-state index in [4.69, 9.17) is 4.74 Å². The minimum atomic E-state index is -2.92. The van der Waals surface area contributed by atoms with Crippen molar-refractivity contribution in [2.24, 2.45) is 5.92 Å². The van der Waals surface area contributed by atoms with Gasteiger partial charge in [0.15, 0.2) is 9.84 Å². The van der Waals surface area contributed by atoms with Gasteiger partial charge in [0.25, 0.3) is 0 Å². The third kappa shape index (κ3) is 3.84. The molecule has 4 nitrogen and oxygen atoms in total. The lowest BCUT2D eigenvalue weighted by Gasteiger charge is -2.08. The molecule has 0 N–H and O–H groups in total. The van der Waals surface area contributed by atoms with E-state index in [1.807, 2.05) is 30.3 Å².